The van der Waals surface area contributed by atoms with Gasteiger partial charge in [0.15, 0.2) is 11.6 Å². The molecule has 3 N–H and O–H groups in total. The number of nitrogens with zero attached hydrogens (tertiary/aromatic N) is 4. The molecule has 0 amide bonds. The summed E-state index contributed by atoms with van der Waals surface area (Å²) < 4.78 is 0. The molecule has 0 saturated carbocycles. The highest BCUT2D eigenvalue weighted by atomic mass is 35.5. The molecule has 1 aliphatic heterocycles. The van der Waals surface area contributed by atoms with Crippen molar-refractivity contribution in [2.24, 2.45) is 0 Å². The third kappa shape index (κ3) is 3.20. The van der Waals surface area contributed by atoms with Gasteiger partial charge in [-0.25, -0.2) is 15.0 Å². The van der Waals surface area contributed by atoms with E-state index in [-0.39, 0.29) is 6.04 Å². The van der Waals surface area contributed by atoms with Gasteiger partial charge in [0.25, 0.3) is 0 Å². The second-order valence-electron chi connectivity index (χ2n) is 6.08. The third-order valence-electron chi connectivity index (χ3n) is 4.14. The Bertz CT molecular complexity index is 904. The van der Waals surface area contributed by atoms with Crippen LogP contribution in [0.25, 0.3) is 11.4 Å². The number of aromatic nitrogens is 5. The molecule has 4 rings (SSSR count). The van der Waals surface area contributed by atoms with Gasteiger partial charge in [-0.15, -0.1) is 0 Å². The average molecular weight is 356 g/mol. The number of rotatable bonds is 4. The van der Waals surface area contributed by atoms with Gasteiger partial charge in [-0.05, 0) is 38.1 Å². The van der Waals surface area contributed by atoms with Crippen LogP contribution in [0.1, 0.15) is 35.9 Å². The Hall–Kier alpha value is -2.51. The summed E-state index contributed by atoms with van der Waals surface area (Å²) >= 11 is 5.98. The molecule has 0 radical (unpaired) electrons. The van der Waals surface area contributed by atoms with Gasteiger partial charge >= 0.3 is 0 Å². The van der Waals surface area contributed by atoms with Crippen molar-refractivity contribution in [1.82, 2.24) is 30.5 Å². The quantitative estimate of drug-likeness (QED) is 0.666. The molecule has 1 aliphatic rings. The summed E-state index contributed by atoms with van der Waals surface area (Å²) in [4.78, 5) is 13.8. The van der Waals surface area contributed by atoms with Crippen molar-refractivity contribution in [2.45, 2.75) is 33.0 Å². The van der Waals surface area contributed by atoms with Crippen molar-refractivity contribution in [3.8, 4) is 11.4 Å². The molecule has 0 spiro atoms. The molecule has 7 nitrogen and oxygen atoms in total. The molecule has 3 aromatic rings. The lowest BCUT2D eigenvalue weighted by Crippen LogP contribution is -2.13. The van der Waals surface area contributed by atoms with E-state index < -0.39 is 0 Å². The van der Waals surface area contributed by atoms with Crippen molar-refractivity contribution >= 4 is 17.4 Å². The van der Waals surface area contributed by atoms with Crippen molar-refractivity contribution in [3.63, 3.8) is 0 Å². The van der Waals surface area contributed by atoms with E-state index in [1.165, 1.54) is 0 Å². The normalized spacial score (nSPS) is 14.4. The number of aryl methyl sites for hydroxylation is 1. The van der Waals surface area contributed by atoms with Crippen LogP contribution in [0.3, 0.4) is 0 Å². The molecule has 0 fully saturated rings. The van der Waals surface area contributed by atoms with Crippen LogP contribution >= 0.6 is 11.6 Å². The first-order valence-electron chi connectivity index (χ1n) is 8.12. The zero-order valence-electron chi connectivity index (χ0n) is 14.0. The maximum atomic E-state index is 5.98. The molecule has 0 aliphatic carbocycles. The van der Waals surface area contributed by atoms with E-state index in [0.717, 1.165) is 41.6 Å². The minimum atomic E-state index is -0.0670. The Labute approximate surface area is 150 Å². The first-order chi connectivity index (χ1) is 12.1. The van der Waals surface area contributed by atoms with Crippen LogP contribution < -0.4 is 10.6 Å². The molecule has 8 heteroatoms. The summed E-state index contributed by atoms with van der Waals surface area (Å²) in [7, 11) is 0. The molecule has 1 atom stereocenters. The van der Waals surface area contributed by atoms with E-state index in [1.54, 1.807) is 0 Å². The molecule has 25 heavy (non-hydrogen) atoms. The van der Waals surface area contributed by atoms with Crippen molar-refractivity contribution in [3.05, 3.63) is 52.2 Å². The van der Waals surface area contributed by atoms with Gasteiger partial charge in [-0.2, -0.15) is 5.10 Å². The predicted molar refractivity (Wildman–Crippen MR) is 96.2 cm³/mol. The van der Waals surface area contributed by atoms with Crippen LogP contribution in [0.5, 0.6) is 0 Å². The lowest BCUT2D eigenvalue weighted by molar-refractivity contribution is 0.755. The minimum Gasteiger partial charge on any atom is -0.360 e. The summed E-state index contributed by atoms with van der Waals surface area (Å²) in [5.41, 5.74) is 3.04. The molecular weight excluding hydrogens is 338 g/mol. The van der Waals surface area contributed by atoms with Crippen LogP contribution in [-0.4, -0.2) is 25.1 Å². The predicted octanol–water partition coefficient (Wildman–Crippen LogP) is 3.00. The van der Waals surface area contributed by atoms with E-state index in [2.05, 4.69) is 25.8 Å². The number of halogens is 1. The fourth-order valence-corrected chi connectivity index (χ4v) is 2.96. The smallest absolute Gasteiger partial charge is 0.172 e. The Morgan fingerprint density at radius 1 is 1.12 bits per heavy atom. The maximum Gasteiger partial charge on any atom is 0.172 e. The second-order valence-corrected chi connectivity index (χ2v) is 6.51. The molecule has 0 bridgehead atoms. The van der Waals surface area contributed by atoms with Crippen LogP contribution in [0, 0.1) is 6.92 Å². The number of nitrogens with one attached hydrogen (secondary N) is 3. The molecule has 2 aromatic heterocycles. The number of hydrogen-bond acceptors (Lipinski definition) is 6. The molecule has 0 saturated heterocycles. The number of H-pyrrole nitrogens is 1. The maximum absolute atomic E-state index is 5.98. The number of anilines is 1. The number of aromatic amines is 1. The van der Waals surface area contributed by atoms with Gasteiger partial charge in [-0.3, -0.25) is 5.10 Å². The number of fused-ring (bicyclic) bond motifs is 1. The van der Waals surface area contributed by atoms with Gasteiger partial charge in [0.1, 0.15) is 11.6 Å². The van der Waals surface area contributed by atoms with Crippen LogP contribution in [-0.2, 0) is 13.1 Å². The third-order valence-corrected chi connectivity index (χ3v) is 4.40. The molecule has 3 heterocycles. The zero-order valence-corrected chi connectivity index (χ0v) is 14.7. The highest BCUT2D eigenvalue weighted by Gasteiger charge is 2.22. The first kappa shape index (κ1) is 16.0. The Kier molecular flexibility index (Phi) is 4.10. The van der Waals surface area contributed by atoms with Gasteiger partial charge < -0.3 is 10.6 Å². The summed E-state index contributed by atoms with van der Waals surface area (Å²) in [6.07, 6.45) is 0. The first-order valence-corrected chi connectivity index (χ1v) is 8.50. The lowest BCUT2D eigenvalue weighted by atomic mass is 10.1. The fraction of sp³-hybridized carbons (Fsp3) is 0.294. The highest BCUT2D eigenvalue weighted by Crippen LogP contribution is 2.28. The number of benzene rings is 1. The van der Waals surface area contributed by atoms with Gasteiger partial charge in [0.2, 0.25) is 0 Å². The van der Waals surface area contributed by atoms with E-state index in [1.807, 2.05) is 38.1 Å². The van der Waals surface area contributed by atoms with Crippen LogP contribution in [0.15, 0.2) is 24.3 Å². The standard InChI is InChI=1S/C17H18ClN7/c1-9(15-21-10(2)24-25-15)20-17-13-7-19-8-14(13)22-16(23-17)11-3-5-12(18)6-4-11/h3-6,9,19H,7-8H2,1-2H3,(H,20,22,23)(H,21,24,25)/t9-/m0/s1. The summed E-state index contributed by atoms with van der Waals surface area (Å²) in [6.45, 7) is 5.38. The Morgan fingerprint density at radius 2 is 1.92 bits per heavy atom. The van der Waals surface area contributed by atoms with Crippen molar-refractivity contribution < 1.29 is 0 Å². The molecule has 1 aromatic carbocycles. The van der Waals surface area contributed by atoms with E-state index >= 15 is 0 Å². The van der Waals surface area contributed by atoms with Gasteiger partial charge in [-0.1, -0.05) is 11.6 Å². The molecule has 0 unspecified atom stereocenters. The lowest BCUT2D eigenvalue weighted by Gasteiger charge is -2.15. The molecular formula is C17H18ClN7. The van der Waals surface area contributed by atoms with Crippen LogP contribution in [0.2, 0.25) is 5.02 Å². The fourth-order valence-electron chi connectivity index (χ4n) is 2.84. The van der Waals surface area contributed by atoms with E-state index in [9.17, 15) is 0 Å². The highest BCUT2D eigenvalue weighted by molar-refractivity contribution is 6.30. The topological polar surface area (TPSA) is 91.4 Å². The largest absolute Gasteiger partial charge is 0.360 e. The van der Waals surface area contributed by atoms with E-state index in [0.29, 0.717) is 16.7 Å². The summed E-state index contributed by atoms with van der Waals surface area (Å²) in [5, 5.41) is 14.6. The number of hydrogen-bond donors (Lipinski definition) is 3. The Balaban J connectivity index is 1.70. The van der Waals surface area contributed by atoms with Crippen LogP contribution in [0.4, 0.5) is 5.82 Å². The summed E-state index contributed by atoms with van der Waals surface area (Å²) in [5.74, 6) is 3.00. The van der Waals surface area contributed by atoms with E-state index in [4.69, 9.17) is 21.6 Å². The zero-order chi connectivity index (χ0) is 17.4. The monoisotopic (exact) mass is 355 g/mol. The average Bonchev–Trinajstić information content (AvgIpc) is 3.24. The summed E-state index contributed by atoms with van der Waals surface area (Å²) in [6, 6.07) is 7.48. The minimum absolute atomic E-state index is 0.0670. The Morgan fingerprint density at radius 3 is 2.64 bits per heavy atom. The SMILES string of the molecule is Cc1nc([C@H](C)Nc2nc(-c3ccc(Cl)cc3)nc3c2CNC3)n[nH]1. The van der Waals surface area contributed by atoms with Crippen molar-refractivity contribution in [1.29, 1.82) is 0 Å². The molecule has 128 valence electrons. The van der Waals surface area contributed by atoms with Crippen molar-refractivity contribution in [2.75, 3.05) is 5.32 Å². The second kappa shape index (κ2) is 6.42. The van der Waals surface area contributed by atoms with Gasteiger partial charge in [0, 0.05) is 29.2 Å². The van der Waals surface area contributed by atoms with Gasteiger partial charge in [0.05, 0.1) is 11.7 Å².